The molecular weight excluding hydrogens is 386 g/mol. The summed E-state index contributed by atoms with van der Waals surface area (Å²) >= 11 is 6.23. The molecule has 0 aromatic heterocycles. The number of nitrogens with zero attached hydrogens (tertiary/aromatic N) is 2. The minimum Gasteiger partial charge on any atom is -0.397 e. The lowest BCUT2D eigenvalue weighted by atomic mass is 9.91. The number of halogens is 1. The van der Waals surface area contributed by atoms with Crippen LogP contribution in [0.4, 0.5) is 5.69 Å². The van der Waals surface area contributed by atoms with Gasteiger partial charge < -0.3 is 20.3 Å². The molecule has 0 radical (unpaired) electrons. The average molecular weight is 420 g/mol. The van der Waals surface area contributed by atoms with E-state index in [2.05, 4.69) is 4.90 Å². The van der Waals surface area contributed by atoms with Gasteiger partial charge in [-0.25, -0.2) is 0 Å². The Bertz CT molecular complexity index is 715. The van der Waals surface area contributed by atoms with E-state index in [1.165, 1.54) is 32.4 Å². The van der Waals surface area contributed by atoms with Crippen molar-refractivity contribution < 1.29 is 9.59 Å². The number of carbonyl (C=O) groups is 2. The zero-order valence-corrected chi connectivity index (χ0v) is 18.5. The van der Waals surface area contributed by atoms with Crippen LogP contribution >= 0.6 is 11.6 Å². The molecule has 5 nitrogen and oxygen atoms in total. The number of likely N-dealkylation sites (tertiary alicyclic amines) is 2. The first kappa shape index (κ1) is 22.1. The predicted octanol–water partition coefficient (Wildman–Crippen LogP) is 3.85. The number of benzene rings is 1. The van der Waals surface area contributed by atoms with E-state index in [1.54, 1.807) is 6.92 Å². The largest absolute Gasteiger partial charge is 0.397 e. The Morgan fingerprint density at radius 3 is 2.38 bits per heavy atom. The van der Waals surface area contributed by atoms with Gasteiger partial charge in [0.25, 0.3) is 0 Å². The van der Waals surface area contributed by atoms with Gasteiger partial charge in [0.15, 0.2) is 0 Å². The molecule has 160 valence electrons. The maximum Gasteiger partial charge on any atom is 0.226 e. The SMILES string of the molecule is CC(=O)C[C@H](Cc1cc(C)c(N)c(Cl)c1)C(=O)N1CCC(N2CCCCC2)CC1. The predicted molar refractivity (Wildman–Crippen MR) is 118 cm³/mol. The normalized spacial score (nSPS) is 19.9. The van der Waals surface area contributed by atoms with Gasteiger partial charge >= 0.3 is 0 Å². The highest BCUT2D eigenvalue weighted by molar-refractivity contribution is 6.33. The third-order valence-corrected chi connectivity index (χ3v) is 6.76. The molecule has 1 amide bonds. The smallest absolute Gasteiger partial charge is 0.226 e. The molecular formula is C23H34ClN3O2. The monoisotopic (exact) mass is 419 g/mol. The molecule has 2 saturated heterocycles. The summed E-state index contributed by atoms with van der Waals surface area (Å²) in [5.41, 5.74) is 8.39. The number of carbonyl (C=O) groups excluding carboxylic acids is 2. The lowest BCUT2D eigenvalue weighted by Crippen LogP contribution is -2.49. The second kappa shape index (κ2) is 9.94. The summed E-state index contributed by atoms with van der Waals surface area (Å²) in [5.74, 6) is -0.189. The summed E-state index contributed by atoms with van der Waals surface area (Å²) in [6.07, 6.45) is 6.79. The number of ketones is 1. The zero-order chi connectivity index (χ0) is 21.0. The molecule has 1 atom stereocenters. The van der Waals surface area contributed by atoms with Crippen LogP contribution in [-0.2, 0) is 16.0 Å². The summed E-state index contributed by atoms with van der Waals surface area (Å²) in [6, 6.07) is 4.40. The van der Waals surface area contributed by atoms with Gasteiger partial charge in [0, 0.05) is 31.5 Å². The molecule has 0 spiro atoms. The minimum atomic E-state index is -0.335. The summed E-state index contributed by atoms with van der Waals surface area (Å²) in [7, 11) is 0. The molecule has 2 fully saturated rings. The van der Waals surface area contributed by atoms with E-state index >= 15 is 0 Å². The van der Waals surface area contributed by atoms with Crippen LogP contribution < -0.4 is 5.73 Å². The molecule has 29 heavy (non-hydrogen) atoms. The molecule has 0 aliphatic carbocycles. The fraction of sp³-hybridized carbons (Fsp3) is 0.652. The van der Waals surface area contributed by atoms with E-state index in [4.69, 9.17) is 17.3 Å². The molecule has 2 heterocycles. The van der Waals surface area contributed by atoms with Crippen molar-refractivity contribution in [2.24, 2.45) is 5.92 Å². The number of nitrogen functional groups attached to an aromatic ring is 1. The zero-order valence-electron chi connectivity index (χ0n) is 17.8. The number of hydrogen-bond donors (Lipinski definition) is 1. The molecule has 1 aromatic carbocycles. The highest BCUT2D eigenvalue weighted by Crippen LogP contribution is 2.28. The molecule has 2 aliphatic rings. The number of anilines is 1. The van der Waals surface area contributed by atoms with Crippen molar-refractivity contribution in [1.82, 2.24) is 9.80 Å². The summed E-state index contributed by atoms with van der Waals surface area (Å²) in [4.78, 5) is 29.7. The van der Waals surface area contributed by atoms with E-state index in [-0.39, 0.29) is 24.0 Å². The van der Waals surface area contributed by atoms with Crippen LogP contribution in [0.5, 0.6) is 0 Å². The Morgan fingerprint density at radius 1 is 1.14 bits per heavy atom. The van der Waals surface area contributed by atoms with E-state index in [9.17, 15) is 9.59 Å². The Morgan fingerprint density at radius 2 is 1.79 bits per heavy atom. The van der Waals surface area contributed by atoms with Gasteiger partial charge in [0.05, 0.1) is 10.7 Å². The van der Waals surface area contributed by atoms with E-state index < -0.39 is 0 Å². The fourth-order valence-electron chi connectivity index (χ4n) is 4.82. The Hall–Kier alpha value is -1.59. The second-order valence-corrected chi connectivity index (χ2v) is 9.18. The Balaban J connectivity index is 1.64. The van der Waals surface area contributed by atoms with Crippen molar-refractivity contribution in [1.29, 1.82) is 0 Å². The first-order valence-corrected chi connectivity index (χ1v) is 11.3. The van der Waals surface area contributed by atoms with Crippen LogP contribution in [0.2, 0.25) is 5.02 Å². The van der Waals surface area contributed by atoms with E-state index in [1.807, 2.05) is 24.0 Å². The molecule has 1 aromatic rings. The van der Waals surface area contributed by atoms with Gasteiger partial charge in [-0.3, -0.25) is 4.79 Å². The van der Waals surface area contributed by atoms with Crippen molar-refractivity contribution in [2.75, 3.05) is 31.9 Å². The Kier molecular flexibility index (Phi) is 7.58. The van der Waals surface area contributed by atoms with Crippen molar-refractivity contribution in [3.05, 3.63) is 28.3 Å². The number of rotatable bonds is 6. The van der Waals surface area contributed by atoms with Crippen LogP contribution in [-0.4, -0.2) is 53.7 Å². The number of aryl methyl sites for hydroxylation is 1. The third-order valence-electron chi connectivity index (χ3n) is 6.44. The maximum atomic E-state index is 13.3. The summed E-state index contributed by atoms with van der Waals surface area (Å²) < 4.78 is 0. The Labute approximate surface area is 179 Å². The van der Waals surface area contributed by atoms with Gasteiger partial charge in [0.2, 0.25) is 5.91 Å². The van der Waals surface area contributed by atoms with Crippen molar-refractivity contribution >= 4 is 29.0 Å². The molecule has 2 N–H and O–H groups in total. The topological polar surface area (TPSA) is 66.6 Å². The van der Waals surface area contributed by atoms with Crippen molar-refractivity contribution in [3.8, 4) is 0 Å². The lowest BCUT2D eigenvalue weighted by Gasteiger charge is -2.41. The first-order valence-electron chi connectivity index (χ1n) is 10.9. The quantitative estimate of drug-likeness (QED) is 0.711. The number of piperidine rings is 2. The average Bonchev–Trinajstić information content (AvgIpc) is 2.71. The standard InChI is InChI=1S/C23H34ClN3O2/c1-16-12-18(15-21(24)22(16)25)14-19(13-17(2)28)23(29)27-10-6-20(7-11-27)26-8-4-3-5-9-26/h12,15,19-20H,3-11,13-14,25H2,1-2H3/t19-/m1/s1. The number of amides is 1. The van der Waals surface area contributed by atoms with Crippen molar-refractivity contribution in [3.63, 3.8) is 0 Å². The molecule has 0 unspecified atom stereocenters. The lowest BCUT2D eigenvalue weighted by molar-refractivity contribution is -0.139. The van der Waals surface area contributed by atoms with Crippen LogP contribution in [0.25, 0.3) is 0 Å². The van der Waals surface area contributed by atoms with Gasteiger partial charge in [-0.05, 0) is 76.2 Å². The van der Waals surface area contributed by atoms with Crippen molar-refractivity contribution in [2.45, 2.75) is 64.8 Å². The number of Topliss-reactive ketones (excluding diaryl/α,β-unsaturated/α-hetero) is 1. The molecule has 2 aliphatic heterocycles. The minimum absolute atomic E-state index is 0.0461. The highest BCUT2D eigenvalue weighted by atomic mass is 35.5. The molecule has 0 bridgehead atoms. The highest BCUT2D eigenvalue weighted by Gasteiger charge is 2.31. The maximum absolute atomic E-state index is 13.3. The molecule has 6 heteroatoms. The van der Waals surface area contributed by atoms with E-state index in [0.717, 1.165) is 37.1 Å². The van der Waals surface area contributed by atoms with Crippen LogP contribution in [0.1, 0.15) is 56.6 Å². The van der Waals surface area contributed by atoms with E-state index in [0.29, 0.717) is 23.2 Å². The first-order chi connectivity index (χ1) is 13.8. The molecule has 0 saturated carbocycles. The molecule has 3 rings (SSSR count). The summed E-state index contributed by atoms with van der Waals surface area (Å²) in [6.45, 7) is 7.44. The fourth-order valence-corrected chi connectivity index (χ4v) is 5.10. The third kappa shape index (κ3) is 5.73. The number of nitrogens with two attached hydrogens (primary N) is 1. The number of hydrogen-bond acceptors (Lipinski definition) is 4. The summed E-state index contributed by atoms with van der Waals surface area (Å²) in [5, 5.41) is 0.511. The van der Waals surface area contributed by atoms with Crippen LogP contribution in [0, 0.1) is 12.8 Å². The van der Waals surface area contributed by atoms with Crippen LogP contribution in [0.15, 0.2) is 12.1 Å². The van der Waals surface area contributed by atoms with Gasteiger partial charge in [-0.2, -0.15) is 0 Å². The van der Waals surface area contributed by atoms with Crippen LogP contribution in [0.3, 0.4) is 0 Å². The van der Waals surface area contributed by atoms with Gasteiger partial charge in [0.1, 0.15) is 5.78 Å². The van der Waals surface area contributed by atoms with Gasteiger partial charge in [-0.15, -0.1) is 0 Å². The second-order valence-electron chi connectivity index (χ2n) is 8.77. The van der Waals surface area contributed by atoms with Gasteiger partial charge in [-0.1, -0.05) is 24.1 Å².